The van der Waals surface area contributed by atoms with Gasteiger partial charge in [0.1, 0.15) is 10.0 Å². The Balaban J connectivity index is 1.36. The maximum absolute atomic E-state index is 12.9. The molecule has 0 N–H and O–H groups in total. The van der Waals surface area contributed by atoms with Crippen molar-refractivity contribution in [2.45, 2.75) is 38.3 Å². The van der Waals surface area contributed by atoms with Crippen molar-refractivity contribution in [3.63, 3.8) is 0 Å². The van der Waals surface area contributed by atoms with E-state index in [1.54, 1.807) is 23.7 Å². The fraction of sp³-hybridized carbons (Fsp3) is 0.450. The van der Waals surface area contributed by atoms with Crippen LogP contribution in [-0.4, -0.2) is 68.1 Å². The van der Waals surface area contributed by atoms with Crippen molar-refractivity contribution in [2.24, 2.45) is 0 Å². The highest BCUT2D eigenvalue weighted by molar-refractivity contribution is 7.14. The van der Waals surface area contributed by atoms with Crippen LogP contribution in [0.25, 0.3) is 21.5 Å². The average Bonchev–Trinajstić information content (AvgIpc) is 3.19. The Morgan fingerprint density at radius 1 is 1.14 bits per heavy atom. The molecule has 0 saturated carbocycles. The average molecular weight is 395 g/mol. The van der Waals surface area contributed by atoms with Crippen LogP contribution in [0.1, 0.15) is 23.5 Å². The molecule has 0 aliphatic carbocycles. The molecule has 3 aromatic rings. The molecule has 2 saturated heterocycles. The summed E-state index contributed by atoms with van der Waals surface area (Å²) >= 11 is 1.55. The molecule has 7 nitrogen and oxygen atoms in total. The van der Waals surface area contributed by atoms with Gasteiger partial charge in [-0.2, -0.15) is 0 Å². The van der Waals surface area contributed by atoms with E-state index in [9.17, 15) is 4.79 Å². The van der Waals surface area contributed by atoms with Gasteiger partial charge in [0.25, 0.3) is 0 Å². The summed E-state index contributed by atoms with van der Waals surface area (Å²) in [5, 5.41) is 11.0. The third kappa shape index (κ3) is 3.16. The number of hydrogen-bond donors (Lipinski definition) is 0. The molecule has 0 spiro atoms. The molecule has 2 fully saturated rings. The largest absolute Gasteiger partial charge is 0.339 e. The standard InChI is InChI=1S/C20H22N6OS/c1-12-23-24-20(28-12)14-5-13-6-15(21-9-18(13)22-8-14)7-19(27)26-10-16-3-4-17(11-26)25(16)2/h5-6,8-9,16-17H,3-4,7,10-11H2,1-2H3. The van der Waals surface area contributed by atoms with Crippen molar-refractivity contribution in [3.8, 4) is 10.6 Å². The highest BCUT2D eigenvalue weighted by atomic mass is 32.1. The number of hydrogen-bond acceptors (Lipinski definition) is 7. The molecule has 3 aromatic heterocycles. The Bertz CT molecular complexity index is 1040. The number of pyridine rings is 2. The molecule has 144 valence electrons. The van der Waals surface area contributed by atoms with Crippen LogP contribution in [0.3, 0.4) is 0 Å². The van der Waals surface area contributed by atoms with Crippen molar-refractivity contribution in [1.29, 1.82) is 0 Å². The second-order valence-corrected chi connectivity index (χ2v) is 8.93. The number of amides is 1. The minimum Gasteiger partial charge on any atom is -0.339 e. The van der Waals surface area contributed by atoms with E-state index in [2.05, 4.69) is 32.1 Å². The number of aromatic nitrogens is 4. The van der Waals surface area contributed by atoms with E-state index in [0.29, 0.717) is 18.5 Å². The van der Waals surface area contributed by atoms with Crippen LogP contribution in [0, 0.1) is 6.92 Å². The van der Waals surface area contributed by atoms with Gasteiger partial charge in [0.15, 0.2) is 0 Å². The Morgan fingerprint density at radius 3 is 2.64 bits per heavy atom. The van der Waals surface area contributed by atoms with E-state index < -0.39 is 0 Å². The van der Waals surface area contributed by atoms with Crippen LogP contribution in [0.15, 0.2) is 24.5 Å². The summed E-state index contributed by atoms with van der Waals surface area (Å²) in [5.74, 6) is 0.167. The normalized spacial score (nSPS) is 22.1. The van der Waals surface area contributed by atoms with Crippen molar-refractivity contribution < 1.29 is 4.79 Å². The quantitative estimate of drug-likeness (QED) is 0.679. The number of likely N-dealkylation sites (tertiary alicyclic amines) is 1. The number of piperazine rings is 1. The molecule has 2 atom stereocenters. The predicted molar refractivity (Wildman–Crippen MR) is 108 cm³/mol. The van der Waals surface area contributed by atoms with Crippen LogP contribution in [0.4, 0.5) is 0 Å². The smallest absolute Gasteiger partial charge is 0.228 e. The van der Waals surface area contributed by atoms with Gasteiger partial charge in [-0.25, -0.2) is 0 Å². The van der Waals surface area contributed by atoms with Crippen molar-refractivity contribution in [2.75, 3.05) is 20.1 Å². The number of carbonyl (C=O) groups is 1. The molecule has 8 heteroatoms. The van der Waals surface area contributed by atoms with Crippen molar-refractivity contribution in [1.82, 2.24) is 30.0 Å². The van der Waals surface area contributed by atoms with Gasteiger partial charge in [0.05, 0.1) is 23.8 Å². The minimum atomic E-state index is 0.167. The number of rotatable bonds is 3. The summed E-state index contributed by atoms with van der Waals surface area (Å²) in [7, 11) is 2.18. The minimum absolute atomic E-state index is 0.167. The van der Waals surface area contributed by atoms with Crippen LogP contribution >= 0.6 is 11.3 Å². The fourth-order valence-corrected chi connectivity index (χ4v) is 4.96. The van der Waals surface area contributed by atoms with Crippen LogP contribution < -0.4 is 0 Å². The Kier molecular flexibility index (Phi) is 4.32. The summed E-state index contributed by atoms with van der Waals surface area (Å²) in [6.07, 6.45) is 6.27. The topological polar surface area (TPSA) is 75.1 Å². The first kappa shape index (κ1) is 17.6. The number of carbonyl (C=O) groups excluding carboxylic acids is 1. The summed E-state index contributed by atoms with van der Waals surface area (Å²) in [6, 6.07) is 5.04. The van der Waals surface area contributed by atoms with Crippen molar-refractivity contribution >= 4 is 28.1 Å². The maximum Gasteiger partial charge on any atom is 0.228 e. The van der Waals surface area contributed by atoms with Gasteiger partial charge in [0.2, 0.25) is 5.91 Å². The first-order valence-electron chi connectivity index (χ1n) is 9.62. The van der Waals surface area contributed by atoms with Gasteiger partial charge >= 0.3 is 0 Å². The zero-order valence-electron chi connectivity index (χ0n) is 16.0. The van der Waals surface area contributed by atoms with Gasteiger partial charge in [-0.3, -0.25) is 19.7 Å². The van der Waals surface area contributed by atoms with Gasteiger partial charge in [0, 0.05) is 42.3 Å². The van der Waals surface area contributed by atoms with E-state index in [1.165, 1.54) is 12.8 Å². The molecular weight excluding hydrogens is 372 g/mol. The molecule has 5 heterocycles. The molecule has 0 aromatic carbocycles. The lowest BCUT2D eigenvalue weighted by molar-refractivity contribution is -0.133. The van der Waals surface area contributed by atoms with Crippen LogP contribution in [-0.2, 0) is 11.2 Å². The molecule has 2 aliphatic heterocycles. The van der Waals surface area contributed by atoms with Gasteiger partial charge < -0.3 is 4.90 Å². The molecule has 5 rings (SSSR count). The molecule has 28 heavy (non-hydrogen) atoms. The number of aryl methyl sites for hydroxylation is 1. The maximum atomic E-state index is 12.9. The van der Waals surface area contributed by atoms with Crippen LogP contribution in [0.5, 0.6) is 0 Å². The Hall–Kier alpha value is -2.45. The zero-order chi connectivity index (χ0) is 19.3. The Morgan fingerprint density at radius 2 is 1.93 bits per heavy atom. The van der Waals surface area contributed by atoms with E-state index in [1.807, 2.05) is 24.0 Å². The first-order chi connectivity index (χ1) is 13.6. The highest BCUT2D eigenvalue weighted by Crippen LogP contribution is 2.29. The molecule has 2 aliphatic rings. The predicted octanol–water partition coefficient (Wildman–Crippen LogP) is 2.30. The molecule has 2 unspecified atom stereocenters. The molecule has 1 amide bonds. The summed E-state index contributed by atoms with van der Waals surface area (Å²) in [6.45, 7) is 3.61. The number of nitrogens with zero attached hydrogens (tertiary/aromatic N) is 6. The number of likely N-dealkylation sites (N-methyl/N-ethyl adjacent to an activating group) is 1. The second-order valence-electron chi connectivity index (χ2n) is 7.74. The van der Waals surface area contributed by atoms with Crippen molar-refractivity contribution in [3.05, 3.63) is 35.2 Å². The first-order valence-corrected chi connectivity index (χ1v) is 10.4. The van der Waals surface area contributed by atoms with E-state index in [4.69, 9.17) is 0 Å². The summed E-state index contributed by atoms with van der Waals surface area (Å²) in [5.41, 5.74) is 2.55. The van der Waals surface area contributed by atoms with Gasteiger partial charge in [-0.05, 0) is 38.9 Å². The lowest BCUT2D eigenvalue weighted by atomic mass is 10.1. The second kappa shape index (κ2) is 6.86. The highest BCUT2D eigenvalue weighted by Gasteiger charge is 2.38. The molecule has 0 radical (unpaired) electrons. The van der Waals surface area contributed by atoms with Gasteiger partial charge in [-0.1, -0.05) is 11.3 Å². The lowest BCUT2D eigenvalue weighted by Gasteiger charge is -2.38. The monoisotopic (exact) mass is 394 g/mol. The Labute approximate surface area is 167 Å². The number of fused-ring (bicyclic) bond motifs is 3. The lowest BCUT2D eigenvalue weighted by Crippen LogP contribution is -2.54. The molecule has 2 bridgehead atoms. The van der Waals surface area contributed by atoms with E-state index in [0.717, 1.165) is 45.3 Å². The van der Waals surface area contributed by atoms with E-state index in [-0.39, 0.29) is 5.91 Å². The third-order valence-electron chi connectivity index (χ3n) is 5.93. The van der Waals surface area contributed by atoms with E-state index >= 15 is 0 Å². The zero-order valence-corrected chi connectivity index (χ0v) is 16.8. The SMILES string of the molecule is Cc1nnc(-c2cnc3cnc(CC(=O)N4CC5CCC(C4)N5C)cc3c2)s1. The third-order valence-corrected chi connectivity index (χ3v) is 6.82. The fourth-order valence-electron chi connectivity index (χ4n) is 4.29. The summed E-state index contributed by atoms with van der Waals surface area (Å²) < 4.78 is 0. The summed E-state index contributed by atoms with van der Waals surface area (Å²) in [4.78, 5) is 26.3. The van der Waals surface area contributed by atoms with Crippen LogP contribution in [0.2, 0.25) is 0 Å². The molecular formula is C20H22N6OS. The van der Waals surface area contributed by atoms with Gasteiger partial charge in [-0.15, -0.1) is 10.2 Å².